The first-order valence-electron chi connectivity index (χ1n) is 6.30. The van der Waals surface area contributed by atoms with E-state index in [-0.39, 0.29) is 5.82 Å². The number of aliphatic hydroxyl groups is 1. The standard InChI is InChI=1S/C16H16BrFO2/c1-20-10-11-2-4-12(5-3-11)16(19)8-13-6-7-14(18)9-15(13)17/h2-7,9,16,19H,8,10H2,1H3. The zero-order valence-corrected chi connectivity index (χ0v) is 12.7. The number of hydrogen-bond donors (Lipinski definition) is 1. The summed E-state index contributed by atoms with van der Waals surface area (Å²) in [5.74, 6) is -0.293. The number of benzene rings is 2. The van der Waals surface area contributed by atoms with Crippen LogP contribution in [-0.4, -0.2) is 12.2 Å². The molecule has 4 heteroatoms. The van der Waals surface area contributed by atoms with Gasteiger partial charge in [-0.3, -0.25) is 0 Å². The molecule has 2 aromatic rings. The summed E-state index contributed by atoms with van der Waals surface area (Å²) in [5, 5.41) is 10.2. The van der Waals surface area contributed by atoms with Crippen molar-refractivity contribution in [1.82, 2.24) is 0 Å². The molecule has 0 bridgehead atoms. The highest BCUT2D eigenvalue weighted by atomic mass is 79.9. The summed E-state index contributed by atoms with van der Waals surface area (Å²) in [5.41, 5.74) is 2.77. The van der Waals surface area contributed by atoms with Crippen LogP contribution in [0.4, 0.5) is 4.39 Å². The fourth-order valence-electron chi connectivity index (χ4n) is 2.02. The molecule has 2 rings (SSSR count). The van der Waals surface area contributed by atoms with Crippen molar-refractivity contribution >= 4 is 15.9 Å². The summed E-state index contributed by atoms with van der Waals surface area (Å²) in [6.07, 6.45) is -0.182. The number of aliphatic hydroxyl groups excluding tert-OH is 1. The number of rotatable bonds is 5. The van der Waals surface area contributed by atoms with Crippen molar-refractivity contribution in [1.29, 1.82) is 0 Å². The van der Waals surface area contributed by atoms with Crippen molar-refractivity contribution in [2.75, 3.05) is 7.11 Å². The van der Waals surface area contributed by atoms with Gasteiger partial charge in [0.25, 0.3) is 0 Å². The van der Waals surface area contributed by atoms with E-state index < -0.39 is 6.10 Å². The average molecular weight is 339 g/mol. The van der Waals surface area contributed by atoms with E-state index in [4.69, 9.17) is 4.74 Å². The number of halogens is 2. The quantitative estimate of drug-likeness (QED) is 0.892. The lowest BCUT2D eigenvalue weighted by atomic mass is 10.0. The van der Waals surface area contributed by atoms with Gasteiger partial charge in [0.1, 0.15) is 5.82 Å². The van der Waals surface area contributed by atoms with Crippen LogP contribution in [0.3, 0.4) is 0 Å². The lowest BCUT2D eigenvalue weighted by Gasteiger charge is -2.13. The molecule has 0 aliphatic heterocycles. The van der Waals surface area contributed by atoms with Crippen LogP contribution in [0.1, 0.15) is 22.8 Å². The predicted octanol–water partition coefficient (Wildman–Crippen LogP) is 4.01. The SMILES string of the molecule is COCc1ccc(C(O)Cc2ccc(F)cc2Br)cc1. The molecule has 0 aliphatic carbocycles. The summed E-state index contributed by atoms with van der Waals surface area (Å²) < 4.78 is 18.7. The molecule has 0 saturated heterocycles. The van der Waals surface area contributed by atoms with Crippen molar-refractivity contribution in [2.24, 2.45) is 0 Å². The van der Waals surface area contributed by atoms with Gasteiger partial charge in [0.2, 0.25) is 0 Å². The van der Waals surface area contributed by atoms with Gasteiger partial charge in [-0.05, 0) is 28.8 Å². The highest BCUT2D eigenvalue weighted by molar-refractivity contribution is 9.10. The van der Waals surface area contributed by atoms with Gasteiger partial charge in [-0.2, -0.15) is 0 Å². The minimum atomic E-state index is -0.617. The summed E-state index contributed by atoms with van der Waals surface area (Å²) in [7, 11) is 1.65. The van der Waals surface area contributed by atoms with E-state index in [1.165, 1.54) is 12.1 Å². The molecule has 1 atom stereocenters. The van der Waals surface area contributed by atoms with E-state index in [9.17, 15) is 9.50 Å². The van der Waals surface area contributed by atoms with Crippen molar-refractivity contribution in [3.8, 4) is 0 Å². The van der Waals surface area contributed by atoms with E-state index in [2.05, 4.69) is 15.9 Å². The van der Waals surface area contributed by atoms with Gasteiger partial charge in [-0.1, -0.05) is 46.3 Å². The van der Waals surface area contributed by atoms with Crippen molar-refractivity contribution in [3.05, 3.63) is 69.4 Å². The van der Waals surface area contributed by atoms with Gasteiger partial charge < -0.3 is 9.84 Å². The monoisotopic (exact) mass is 338 g/mol. The van der Waals surface area contributed by atoms with Crippen LogP contribution in [0.15, 0.2) is 46.9 Å². The third-order valence-corrected chi connectivity index (χ3v) is 3.84. The first-order chi connectivity index (χ1) is 9.60. The zero-order chi connectivity index (χ0) is 14.5. The Morgan fingerprint density at radius 1 is 1.20 bits per heavy atom. The molecule has 106 valence electrons. The molecular formula is C16H16BrFO2. The van der Waals surface area contributed by atoms with Crippen molar-refractivity contribution < 1.29 is 14.2 Å². The van der Waals surface area contributed by atoms with Crippen LogP contribution in [0, 0.1) is 5.82 Å². The van der Waals surface area contributed by atoms with E-state index in [1.54, 1.807) is 13.2 Å². The van der Waals surface area contributed by atoms with Gasteiger partial charge in [-0.15, -0.1) is 0 Å². The molecular weight excluding hydrogens is 323 g/mol. The second kappa shape index (κ2) is 6.97. The number of methoxy groups -OCH3 is 1. The summed E-state index contributed by atoms with van der Waals surface area (Å²) in [4.78, 5) is 0. The molecule has 20 heavy (non-hydrogen) atoms. The van der Waals surface area contributed by atoms with Gasteiger partial charge in [0.05, 0.1) is 12.7 Å². The third kappa shape index (κ3) is 3.88. The molecule has 0 heterocycles. The largest absolute Gasteiger partial charge is 0.388 e. The maximum absolute atomic E-state index is 13.0. The molecule has 1 N–H and O–H groups in total. The fourth-order valence-corrected chi connectivity index (χ4v) is 2.53. The molecule has 0 spiro atoms. The van der Waals surface area contributed by atoms with Crippen molar-refractivity contribution in [3.63, 3.8) is 0 Å². The normalized spacial score (nSPS) is 12.4. The molecule has 1 unspecified atom stereocenters. The van der Waals surface area contributed by atoms with E-state index in [0.29, 0.717) is 17.5 Å². The van der Waals surface area contributed by atoms with Gasteiger partial charge in [0.15, 0.2) is 0 Å². The average Bonchev–Trinajstić information content (AvgIpc) is 2.43. The highest BCUT2D eigenvalue weighted by Gasteiger charge is 2.11. The zero-order valence-electron chi connectivity index (χ0n) is 11.1. The van der Waals surface area contributed by atoms with Crippen molar-refractivity contribution in [2.45, 2.75) is 19.1 Å². The van der Waals surface area contributed by atoms with E-state index in [0.717, 1.165) is 16.7 Å². The van der Waals surface area contributed by atoms with E-state index >= 15 is 0 Å². The Hall–Kier alpha value is -1.23. The maximum Gasteiger partial charge on any atom is 0.124 e. The lowest BCUT2D eigenvalue weighted by molar-refractivity contribution is 0.177. The Morgan fingerprint density at radius 3 is 2.50 bits per heavy atom. The molecule has 2 aromatic carbocycles. The molecule has 0 aliphatic rings. The Kier molecular flexibility index (Phi) is 5.29. The molecule has 0 saturated carbocycles. The molecule has 0 amide bonds. The number of ether oxygens (including phenoxy) is 1. The topological polar surface area (TPSA) is 29.5 Å². The van der Waals surface area contributed by atoms with Crippen LogP contribution in [-0.2, 0) is 17.8 Å². The third-order valence-electron chi connectivity index (χ3n) is 3.10. The fraction of sp³-hybridized carbons (Fsp3) is 0.250. The molecule has 2 nitrogen and oxygen atoms in total. The summed E-state index contributed by atoms with van der Waals surface area (Å²) >= 11 is 3.31. The van der Waals surface area contributed by atoms with Gasteiger partial charge in [0, 0.05) is 18.0 Å². The van der Waals surface area contributed by atoms with E-state index in [1.807, 2.05) is 24.3 Å². The van der Waals surface area contributed by atoms with Gasteiger partial charge in [-0.25, -0.2) is 4.39 Å². The van der Waals surface area contributed by atoms with Crippen LogP contribution >= 0.6 is 15.9 Å². The molecule has 0 radical (unpaired) electrons. The summed E-state index contributed by atoms with van der Waals surface area (Å²) in [6, 6.07) is 12.1. The second-order valence-electron chi connectivity index (χ2n) is 4.63. The minimum absolute atomic E-state index is 0.293. The van der Waals surface area contributed by atoms with Crippen LogP contribution in [0.2, 0.25) is 0 Å². The van der Waals surface area contributed by atoms with Crippen LogP contribution in [0.25, 0.3) is 0 Å². The first kappa shape index (κ1) is 15.2. The first-order valence-corrected chi connectivity index (χ1v) is 7.09. The van der Waals surface area contributed by atoms with Crippen LogP contribution in [0.5, 0.6) is 0 Å². The number of hydrogen-bond acceptors (Lipinski definition) is 2. The predicted molar refractivity (Wildman–Crippen MR) is 79.9 cm³/mol. The molecule has 0 aromatic heterocycles. The van der Waals surface area contributed by atoms with Gasteiger partial charge >= 0.3 is 0 Å². The Morgan fingerprint density at radius 2 is 1.90 bits per heavy atom. The smallest absolute Gasteiger partial charge is 0.124 e. The lowest BCUT2D eigenvalue weighted by Crippen LogP contribution is -2.03. The summed E-state index contributed by atoms with van der Waals surface area (Å²) in [6.45, 7) is 0.555. The second-order valence-corrected chi connectivity index (χ2v) is 5.48. The van der Waals surface area contributed by atoms with Crippen LogP contribution < -0.4 is 0 Å². The minimum Gasteiger partial charge on any atom is -0.388 e. The highest BCUT2D eigenvalue weighted by Crippen LogP contribution is 2.25. The molecule has 0 fully saturated rings. The maximum atomic E-state index is 13.0. The Bertz CT molecular complexity index is 569. The Balaban J connectivity index is 2.09. The Labute approximate surface area is 126 Å².